The number of hydrogen-bond donors (Lipinski definition) is 2. The van der Waals surface area contributed by atoms with Crippen molar-refractivity contribution in [1.82, 2.24) is 10.0 Å². The first-order valence-electron chi connectivity index (χ1n) is 9.03. The molecule has 0 aromatic heterocycles. The minimum absolute atomic E-state index is 0.0537. The average molecular weight is 399 g/mol. The van der Waals surface area contributed by atoms with Gasteiger partial charge in [0.25, 0.3) is 5.91 Å². The quantitative estimate of drug-likeness (QED) is 0.587. The summed E-state index contributed by atoms with van der Waals surface area (Å²) in [4.78, 5) is 24.1. The van der Waals surface area contributed by atoms with Crippen LogP contribution in [0.25, 0.3) is 0 Å². The van der Waals surface area contributed by atoms with Gasteiger partial charge in [-0.2, -0.15) is 4.72 Å². The van der Waals surface area contributed by atoms with Gasteiger partial charge in [-0.3, -0.25) is 9.59 Å². The van der Waals surface area contributed by atoms with E-state index in [0.717, 1.165) is 5.56 Å². The van der Waals surface area contributed by atoms with E-state index in [9.17, 15) is 18.0 Å². The molecular formula is C19H30N2O5S. The van der Waals surface area contributed by atoms with Crippen molar-refractivity contribution in [1.29, 1.82) is 0 Å². The van der Waals surface area contributed by atoms with Crippen LogP contribution in [0.5, 0.6) is 0 Å². The van der Waals surface area contributed by atoms with E-state index in [-0.39, 0.29) is 23.2 Å². The van der Waals surface area contributed by atoms with E-state index in [1.165, 1.54) is 12.1 Å². The summed E-state index contributed by atoms with van der Waals surface area (Å²) in [5.41, 5.74) is 0.930. The third-order valence-electron chi connectivity index (χ3n) is 3.67. The number of nitrogens with one attached hydrogen (secondary N) is 2. The van der Waals surface area contributed by atoms with Gasteiger partial charge < -0.3 is 10.1 Å². The Kier molecular flexibility index (Phi) is 8.92. The maximum absolute atomic E-state index is 12.6. The Hall–Kier alpha value is -1.93. The van der Waals surface area contributed by atoms with Gasteiger partial charge in [0, 0.05) is 6.54 Å². The fraction of sp³-hybridized carbons (Fsp3) is 0.579. The fourth-order valence-corrected chi connectivity index (χ4v) is 3.44. The molecule has 0 saturated heterocycles. The van der Waals surface area contributed by atoms with Gasteiger partial charge in [-0.05, 0) is 37.3 Å². The van der Waals surface area contributed by atoms with Gasteiger partial charge in [0.15, 0.2) is 6.61 Å². The largest absolute Gasteiger partial charge is 0.454 e. The molecule has 1 rings (SSSR count). The van der Waals surface area contributed by atoms with Gasteiger partial charge in [-0.15, -0.1) is 0 Å². The smallest absolute Gasteiger partial charge is 0.324 e. The fourth-order valence-electron chi connectivity index (χ4n) is 2.24. The number of hydrogen-bond acceptors (Lipinski definition) is 5. The second kappa shape index (κ2) is 10.4. The van der Waals surface area contributed by atoms with Crippen molar-refractivity contribution in [3.8, 4) is 0 Å². The Morgan fingerprint density at radius 2 is 1.63 bits per heavy atom. The zero-order valence-corrected chi connectivity index (χ0v) is 17.4. The third kappa shape index (κ3) is 8.53. The van der Waals surface area contributed by atoms with Gasteiger partial charge >= 0.3 is 5.97 Å². The minimum Gasteiger partial charge on any atom is -0.454 e. The van der Waals surface area contributed by atoms with E-state index < -0.39 is 34.5 Å². The molecule has 0 bridgehead atoms. The predicted octanol–water partition coefficient (Wildman–Crippen LogP) is 2.00. The van der Waals surface area contributed by atoms with E-state index in [1.54, 1.807) is 12.1 Å². The number of esters is 1. The first-order valence-corrected chi connectivity index (χ1v) is 10.5. The Labute approximate surface area is 161 Å². The predicted molar refractivity (Wildman–Crippen MR) is 104 cm³/mol. The van der Waals surface area contributed by atoms with Crippen LogP contribution in [0, 0.1) is 18.8 Å². The van der Waals surface area contributed by atoms with Crippen LogP contribution in [0.2, 0.25) is 0 Å². The number of carbonyl (C=O) groups is 2. The minimum atomic E-state index is -3.88. The lowest BCUT2D eigenvalue weighted by molar-refractivity contribution is -0.150. The molecule has 0 radical (unpaired) electrons. The van der Waals surface area contributed by atoms with Crippen LogP contribution in [-0.2, 0) is 24.3 Å². The highest BCUT2D eigenvalue weighted by molar-refractivity contribution is 7.89. The topological polar surface area (TPSA) is 102 Å². The monoisotopic (exact) mass is 398 g/mol. The summed E-state index contributed by atoms with van der Waals surface area (Å²) >= 11 is 0. The Balaban J connectivity index is 2.78. The molecule has 0 heterocycles. The highest BCUT2D eigenvalue weighted by atomic mass is 32.2. The second-order valence-corrected chi connectivity index (χ2v) is 9.14. The number of carbonyl (C=O) groups excluding carboxylic acids is 2. The van der Waals surface area contributed by atoms with E-state index in [0.29, 0.717) is 6.54 Å². The molecule has 0 aliphatic carbocycles. The second-order valence-electron chi connectivity index (χ2n) is 7.42. The van der Waals surface area contributed by atoms with Crippen molar-refractivity contribution in [3.05, 3.63) is 29.8 Å². The van der Waals surface area contributed by atoms with Crippen LogP contribution in [0.3, 0.4) is 0 Å². The Bertz CT molecular complexity index is 727. The molecule has 8 heteroatoms. The summed E-state index contributed by atoms with van der Waals surface area (Å²) in [5.74, 6) is -0.849. The molecule has 0 saturated carbocycles. The van der Waals surface area contributed by atoms with E-state index >= 15 is 0 Å². The number of aryl methyl sites for hydroxylation is 1. The summed E-state index contributed by atoms with van der Waals surface area (Å²) in [6.07, 6.45) is 0.261. The maximum Gasteiger partial charge on any atom is 0.324 e. The lowest BCUT2D eigenvalue weighted by Gasteiger charge is -2.19. The molecule has 0 unspecified atom stereocenters. The molecule has 7 nitrogen and oxygen atoms in total. The molecule has 27 heavy (non-hydrogen) atoms. The zero-order valence-electron chi connectivity index (χ0n) is 16.6. The SMILES string of the molecule is Cc1ccc(S(=O)(=O)N[C@@H](CC(C)C)C(=O)OCC(=O)NCC(C)C)cc1. The summed E-state index contributed by atoms with van der Waals surface area (Å²) in [7, 11) is -3.88. The van der Waals surface area contributed by atoms with Crippen LogP contribution in [0.15, 0.2) is 29.2 Å². The number of benzene rings is 1. The highest BCUT2D eigenvalue weighted by Crippen LogP contribution is 2.14. The lowest BCUT2D eigenvalue weighted by atomic mass is 10.1. The van der Waals surface area contributed by atoms with Crippen LogP contribution < -0.4 is 10.0 Å². The first kappa shape index (κ1) is 23.1. The Morgan fingerprint density at radius 1 is 1.04 bits per heavy atom. The molecule has 0 fully saturated rings. The number of ether oxygens (including phenoxy) is 1. The summed E-state index contributed by atoms with van der Waals surface area (Å²) in [6, 6.07) is 5.27. The number of amides is 1. The van der Waals surface area contributed by atoms with Crippen molar-refractivity contribution in [2.75, 3.05) is 13.2 Å². The van der Waals surface area contributed by atoms with Crippen molar-refractivity contribution in [2.24, 2.45) is 11.8 Å². The maximum atomic E-state index is 12.6. The van der Waals surface area contributed by atoms with Gasteiger partial charge in [-0.1, -0.05) is 45.4 Å². The van der Waals surface area contributed by atoms with Crippen molar-refractivity contribution >= 4 is 21.9 Å². The molecule has 0 spiro atoms. The first-order chi connectivity index (χ1) is 12.5. The van der Waals surface area contributed by atoms with Crippen LogP contribution in [-0.4, -0.2) is 39.5 Å². The molecule has 0 aliphatic heterocycles. The number of rotatable bonds is 10. The highest BCUT2D eigenvalue weighted by Gasteiger charge is 2.28. The average Bonchev–Trinajstić information content (AvgIpc) is 2.57. The Morgan fingerprint density at radius 3 is 2.15 bits per heavy atom. The van der Waals surface area contributed by atoms with Crippen LogP contribution >= 0.6 is 0 Å². The normalized spacial score (nSPS) is 12.9. The summed E-state index contributed by atoms with van der Waals surface area (Å²) in [6.45, 7) is 9.53. The van der Waals surface area contributed by atoms with Crippen molar-refractivity contribution in [3.63, 3.8) is 0 Å². The molecule has 2 N–H and O–H groups in total. The zero-order chi connectivity index (χ0) is 20.6. The lowest BCUT2D eigenvalue weighted by Crippen LogP contribution is -2.43. The van der Waals surface area contributed by atoms with Gasteiger partial charge in [0.1, 0.15) is 6.04 Å². The standard InChI is InChI=1S/C19H30N2O5S/c1-13(2)10-17(19(23)26-12-18(22)20-11-14(3)4)21-27(24,25)16-8-6-15(5)7-9-16/h6-9,13-14,17,21H,10-12H2,1-5H3,(H,20,22)/t17-/m0/s1. The van der Waals surface area contributed by atoms with E-state index in [4.69, 9.17) is 4.74 Å². The van der Waals surface area contributed by atoms with Crippen molar-refractivity contribution < 1.29 is 22.7 Å². The molecule has 1 amide bonds. The van der Waals surface area contributed by atoms with Crippen molar-refractivity contribution in [2.45, 2.75) is 52.0 Å². The van der Waals surface area contributed by atoms with Crippen LogP contribution in [0.4, 0.5) is 0 Å². The van der Waals surface area contributed by atoms with Crippen LogP contribution in [0.1, 0.15) is 39.7 Å². The molecule has 1 aromatic rings. The van der Waals surface area contributed by atoms with Gasteiger partial charge in [-0.25, -0.2) is 8.42 Å². The molecule has 1 atom stereocenters. The molecular weight excluding hydrogens is 368 g/mol. The molecule has 0 aliphatic rings. The third-order valence-corrected chi connectivity index (χ3v) is 5.16. The van der Waals surface area contributed by atoms with Gasteiger partial charge in [0.05, 0.1) is 4.90 Å². The molecule has 1 aromatic carbocycles. The number of sulfonamides is 1. The van der Waals surface area contributed by atoms with Gasteiger partial charge in [0.2, 0.25) is 10.0 Å². The van der Waals surface area contributed by atoms with E-state index in [2.05, 4.69) is 10.0 Å². The summed E-state index contributed by atoms with van der Waals surface area (Å²) < 4.78 is 32.5. The van der Waals surface area contributed by atoms with E-state index in [1.807, 2.05) is 34.6 Å². The summed E-state index contributed by atoms with van der Waals surface area (Å²) in [5, 5.41) is 2.64. The molecule has 152 valence electrons.